The summed E-state index contributed by atoms with van der Waals surface area (Å²) in [5, 5.41) is 0.242. The van der Waals surface area contributed by atoms with Crippen molar-refractivity contribution < 1.29 is 8.42 Å². The first kappa shape index (κ1) is 14.1. The summed E-state index contributed by atoms with van der Waals surface area (Å²) in [7, 11) is -3.54. The van der Waals surface area contributed by atoms with Crippen LogP contribution in [-0.4, -0.2) is 19.4 Å². The highest BCUT2D eigenvalue weighted by Crippen LogP contribution is 2.35. The maximum atomic E-state index is 12.0. The van der Waals surface area contributed by atoms with E-state index < -0.39 is 10.0 Å². The van der Waals surface area contributed by atoms with Crippen LogP contribution < -0.4 is 4.72 Å². The van der Waals surface area contributed by atoms with E-state index in [1.807, 2.05) is 0 Å². The number of hydrogen-bond acceptors (Lipinski definition) is 3. The van der Waals surface area contributed by atoms with Gasteiger partial charge in [-0.15, -0.1) is 0 Å². The monoisotopic (exact) mass is 308 g/mol. The summed E-state index contributed by atoms with van der Waals surface area (Å²) in [5.41, 5.74) is 0. The Morgan fingerprint density at radius 3 is 2.83 bits per heavy atom. The maximum Gasteiger partial charge on any atom is 0.242 e. The standard InChI is InChI=1S/C11H14Cl2N2O2S/c1-2-3-7-4-10(7)15-18(16,17)8-5-9(12)11(13)14-6-8/h5-7,10,15H,2-4H2,1H3. The van der Waals surface area contributed by atoms with Gasteiger partial charge in [-0.25, -0.2) is 18.1 Å². The third kappa shape index (κ3) is 3.15. The van der Waals surface area contributed by atoms with Gasteiger partial charge in [0.05, 0.1) is 5.02 Å². The van der Waals surface area contributed by atoms with Crippen LogP contribution in [0.3, 0.4) is 0 Å². The third-order valence-electron chi connectivity index (χ3n) is 2.97. The Labute approximate surface area is 117 Å². The van der Waals surface area contributed by atoms with Crippen LogP contribution in [-0.2, 0) is 10.0 Å². The van der Waals surface area contributed by atoms with Crippen LogP contribution in [0, 0.1) is 5.92 Å². The van der Waals surface area contributed by atoms with Gasteiger partial charge in [-0.3, -0.25) is 0 Å². The van der Waals surface area contributed by atoms with E-state index in [0.717, 1.165) is 19.3 Å². The summed E-state index contributed by atoms with van der Waals surface area (Å²) in [6, 6.07) is 1.36. The van der Waals surface area contributed by atoms with Gasteiger partial charge in [0, 0.05) is 12.2 Å². The number of hydrogen-bond donors (Lipinski definition) is 1. The van der Waals surface area contributed by atoms with E-state index in [4.69, 9.17) is 23.2 Å². The van der Waals surface area contributed by atoms with Crippen LogP contribution >= 0.6 is 23.2 Å². The minimum absolute atomic E-state index is 0.0457. The minimum Gasteiger partial charge on any atom is -0.242 e. The van der Waals surface area contributed by atoms with Crippen LogP contribution in [0.15, 0.2) is 17.2 Å². The average molecular weight is 309 g/mol. The van der Waals surface area contributed by atoms with Crippen LogP contribution in [0.1, 0.15) is 26.2 Å². The molecule has 2 rings (SSSR count). The molecular formula is C11H14Cl2N2O2S. The first-order valence-corrected chi connectivity index (χ1v) is 8.01. The second-order valence-electron chi connectivity index (χ2n) is 4.46. The molecule has 0 amide bonds. The lowest BCUT2D eigenvalue weighted by molar-refractivity contribution is 0.572. The summed E-state index contributed by atoms with van der Waals surface area (Å²) in [6.45, 7) is 2.09. The lowest BCUT2D eigenvalue weighted by Gasteiger charge is -2.06. The van der Waals surface area contributed by atoms with Gasteiger partial charge in [-0.1, -0.05) is 36.5 Å². The van der Waals surface area contributed by atoms with E-state index in [-0.39, 0.29) is 21.1 Å². The van der Waals surface area contributed by atoms with Gasteiger partial charge in [0.15, 0.2) is 0 Å². The van der Waals surface area contributed by atoms with Gasteiger partial charge in [0.1, 0.15) is 10.0 Å². The predicted octanol–water partition coefficient (Wildman–Crippen LogP) is 2.86. The van der Waals surface area contributed by atoms with Crippen molar-refractivity contribution >= 4 is 33.2 Å². The Morgan fingerprint density at radius 2 is 2.22 bits per heavy atom. The highest BCUT2D eigenvalue weighted by molar-refractivity contribution is 7.89. The van der Waals surface area contributed by atoms with Crippen molar-refractivity contribution in [3.63, 3.8) is 0 Å². The number of halogens is 2. The molecule has 0 saturated heterocycles. The molecule has 1 aliphatic carbocycles. The summed E-state index contributed by atoms with van der Waals surface area (Å²) in [5.74, 6) is 0.459. The van der Waals surface area contributed by atoms with E-state index >= 15 is 0 Å². The van der Waals surface area contributed by atoms with Gasteiger partial charge in [-0.05, 0) is 24.8 Å². The first-order chi connectivity index (χ1) is 8.44. The summed E-state index contributed by atoms with van der Waals surface area (Å²) in [4.78, 5) is 3.80. The van der Waals surface area contributed by atoms with Crippen LogP contribution in [0.25, 0.3) is 0 Å². The quantitative estimate of drug-likeness (QED) is 0.851. The number of nitrogens with zero attached hydrogens (tertiary/aromatic N) is 1. The van der Waals surface area contributed by atoms with Gasteiger partial charge >= 0.3 is 0 Å². The molecule has 1 N–H and O–H groups in total. The SMILES string of the molecule is CCCC1CC1NS(=O)(=O)c1cnc(Cl)c(Cl)c1. The maximum absolute atomic E-state index is 12.0. The minimum atomic E-state index is -3.54. The zero-order valence-electron chi connectivity index (χ0n) is 9.86. The fourth-order valence-corrected chi connectivity index (χ4v) is 3.52. The number of pyridine rings is 1. The van der Waals surface area contributed by atoms with E-state index in [1.165, 1.54) is 12.3 Å². The topological polar surface area (TPSA) is 59.1 Å². The van der Waals surface area contributed by atoms with E-state index in [1.54, 1.807) is 0 Å². The molecule has 0 bridgehead atoms. The Kier molecular flexibility index (Phi) is 4.16. The van der Waals surface area contributed by atoms with E-state index in [9.17, 15) is 8.42 Å². The van der Waals surface area contributed by atoms with Crippen molar-refractivity contribution in [1.82, 2.24) is 9.71 Å². The van der Waals surface area contributed by atoms with Gasteiger partial charge in [0.25, 0.3) is 0 Å². The zero-order chi connectivity index (χ0) is 13.3. The van der Waals surface area contributed by atoms with Gasteiger partial charge in [0.2, 0.25) is 10.0 Å². The molecule has 0 radical (unpaired) electrons. The molecule has 18 heavy (non-hydrogen) atoms. The summed E-state index contributed by atoms with van der Waals surface area (Å²) < 4.78 is 26.7. The van der Waals surface area contributed by atoms with Crippen LogP contribution in [0.4, 0.5) is 0 Å². The number of sulfonamides is 1. The number of rotatable bonds is 5. The van der Waals surface area contributed by atoms with Crippen molar-refractivity contribution in [1.29, 1.82) is 0 Å². The molecule has 2 atom stereocenters. The summed E-state index contributed by atoms with van der Waals surface area (Å²) in [6.07, 6.45) is 4.24. The fraction of sp³-hybridized carbons (Fsp3) is 0.545. The Morgan fingerprint density at radius 1 is 1.50 bits per heavy atom. The normalized spacial score (nSPS) is 23.1. The molecule has 1 fully saturated rings. The Balaban J connectivity index is 2.09. The average Bonchev–Trinajstić information content (AvgIpc) is 3.00. The van der Waals surface area contributed by atoms with Crippen molar-refractivity contribution in [2.24, 2.45) is 5.92 Å². The molecule has 1 saturated carbocycles. The van der Waals surface area contributed by atoms with Crippen molar-refractivity contribution in [2.45, 2.75) is 37.1 Å². The smallest absolute Gasteiger partial charge is 0.242 e. The molecule has 1 aromatic rings. The Bertz CT molecular complexity index is 548. The molecule has 100 valence electrons. The molecule has 1 aromatic heterocycles. The Hall–Kier alpha value is -0.360. The third-order valence-corrected chi connectivity index (χ3v) is 5.11. The lowest BCUT2D eigenvalue weighted by Crippen LogP contribution is -2.27. The van der Waals surface area contributed by atoms with Gasteiger partial charge < -0.3 is 0 Å². The highest BCUT2D eigenvalue weighted by Gasteiger charge is 2.39. The molecule has 0 aliphatic heterocycles. The van der Waals surface area contributed by atoms with Gasteiger partial charge in [-0.2, -0.15) is 0 Å². The molecule has 0 spiro atoms. The predicted molar refractivity (Wildman–Crippen MR) is 71.4 cm³/mol. The number of nitrogens with one attached hydrogen (secondary N) is 1. The molecule has 4 nitrogen and oxygen atoms in total. The molecular weight excluding hydrogens is 295 g/mol. The van der Waals surface area contributed by atoms with Crippen molar-refractivity contribution in [3.05, 3.63) is 22.4 Å². The van der Waals surface area contributed by atoms with E-state index in [2.05, 4.69) is 16.6 Å². The molecule has 1 heterocycles. The molecule has 0 aromatic carbocycles. The molecule has 7 heteroatoms. The van der Waals surface area contributed by atoms with E-state index in [0.29, 0.717) is 5.92 Å². The second-order valence-corrected chi connectivity index (χ2v) is 6.94. The fourth-order valence-electron chi connectivity index (χ4n) is 1.90. The van der Waals surface area contributed by atoms with Crippen LogP contribution in [0.5, 0.6) is 0 Å². The lowest BCUT2D eigenvalue weighted by atomic mass is 10.2. The molecule has 1 aliphatic rings. The second kappa shape index (κ2) is 5.33. The van der Waals surface area contributed by atoms with Crippen molar-refractivity contribution in [2.75, 3.05) is 0 Å². The first-order valence-electron chi connectivity index (χ1n) is 5.77. The number of aromatic nitrogens is 1. The van der Waals surface area contributed by atoms with Crippen LogP contribution in [0.2, 0.25) is 10.2 Å². The summed E-state index contributed by atoms with van der Waals surface area (Å²) >= 11 is 11.4. The molecule has 2 unspecified atom stereocenters. The zero-order valence-corrected chi connectivity index (χ0v) is 12.2. The van der Waals surface area contributed by atoms with Crippen molar-refractivity contribution in [3.8, 4) is 0 Å². The largest absolute Gasteiger partial charge is 0.242 e. The highest BCUT2D eigenvalue weighted by atomic mass is 35.5.